The maximum absolute atomic E-state index is 11.9. The van der Waals surface area contributed by atoms with Crippen molar-refractivity contribution in [3.8, 4) is 0 Å². The first-order valence-corrected chi connectivity index (χ1v) is 7.37. The lowest BCUT2D eigenvalue weighted by Crippen LogP contribution is -2.46. The number of carbonyl (C=O) groups is 2. The van der Waals surface area contributed by atoms with Gasteiger partial charge < -0.3 is 14.5 Å². The van der Waals surface area contributed by atoms with Crippen LogP contribution in [0.3, 0.4) is 0 Å². The van der Waals surface area contributed by atoms with Crippen molar-refractivity contribution in [2.75, 3.05) is 26.3 Å². The summed E-state index contributed by atoms with van der Waals surface area (Å²) in [6, 6.07) is 9.33. The molecule has 0 saturated carbocycles. The molecule has 0 atom stereocenters. The van der Waals surface area contributed by atoms with E-state index in [0.717, 1.165) is 5.56 Å². The number of morpholine rings is 1. The van der Waals surface area contributed by atoms with Crippen LogP contribution in [-0.4, -0.2) is 43.2 Å². The van der Waals surface area contributed by atoms with Gasteiger partial charge in [-0.1, -0.05) is 44.2 Å². The topological polar surface area (TPSA) is 67.9 Å². The smallest absolute Gasteiger partial charge is 0.350 e. The SMILES string of the molecule is CC(C)(CC(=O)ONC(=O)N1CCOCC1)c1ccccc1. The monoisotopic (exact) mass is 306 g/mol. The number of amides is 2. The average molecular weight is 306 g/mol. The molecule has 1 saturated heterocycles. The number of benzene rings is 1. The molecular formula is C16H22N2O4. The minimum atomic E-state index is -0.463. The van der Waals surface area contributed by atoms with Crippen LogP contribution in [-0.2, 0) is 19.8 Å². The van der Waals surface area contributed by atoms with Crippen LogP contribution in [0.5, 0.6) is 0 Å². The van der Waals surface area contributed by atoms with Crippen molar-refractivity contribution in [3.05, 3.63) is 35.9 Å². The lowest BCUT2D eigenvalue weighted by Gasteiger charge is -2.27. The predicted molar refractivity (Wildman–Crippen MR) is 81.1 cm³/mol. The molecule has 2 amide bonds. The first-order valence-electron chi connectivity index (χ1n) is 7.37. The fourth-order valence-corrected chi connectivity index (χ4v) is 2.32. The van der Waals surface area contributed by atoms with Gasteiger partial charge in [0.25, 0.3) is 0 Å². The van der Waals surface area contributed by atoms with Crippen LogP contribution in [0.15, 0.2) is 30.3 Å². The zero-order valence-electron chi connectivity index (χ0n) is 13.0. The van der Waals surface area contributed by atoms with Crippen molar-refractivity contribution < 1.29 is 19.2 Å². The number of nitrogens with one attached hydrogen (secondary N) is 1. The molecule has 0 aliphatic carbocycles. The number of urea groups is 1. The normalized spacial score (nSPS) is 15.3. The second-order valence-corrected chi connectivity index (χ2v) is 5.91. The summed E-state index contributed by atoms with van der Waals surface area (Å²) in [7, 11) is 0. The Labute approximate surface area is 130 Å². The third kappa shape index (κ3) is 4.46. The van der Waals surface area contributed by atoms with Crippen LogP contribution in [0.1, 0.15) is 25.8 Å². The van der Waals surface area contributed by atoms with Crippen LogP contribution in [0, 0.1) is 0 Å². The first-order chi connectivity index (χ1) is 10.5. The Balaban J connectivity index is 1.81. The van der Waals surface area contributed by atoms with Gasteiger partial charge in [0.1, 0.15) is 0 Å². The van der Waals surface area contributed by atoms with Crippen molar-refractivity contribution in [1.29, 1.82) is 0 Å². The molecule has 1 aromatic carbocycles. The Morgan fingerprint density at radius 2 is 1.86 bits per heavy atom. The number of nitrogens with zero attached hydrogens (tertiary/aromatic N) is 1. The molecule has 1 fully saturated rings. The van der Waals surface area contributed by atoms with Crippen LogP contribution < -0.4 is 5.48 Å². The number of hydroxylamine groups is 1. The van der Waals surface area contributed by atoms with E-state index in [9.17, 15) is 9.59 Å². The molecule has 1 aliphatic rings. The number of ether oxygens (including phenoxy) is 1. The number of carbonyl (C=O) groups excluding carboxylic acids is 2. The van der Waals surface area contributed by atoms with Crippen LogP contribution in [0.2, 0.25) is 0 Å². The second kappa shape index (κ2) is 7.26. The van der Waals surface area contributed by atoms with Gasteiger partial charge in [-0.3, -0.25) is 0 Å². The summed E-state index contributed by atoms with van der Waals surface area (Å²) in [6.45, 7) is 5.93. The summed E-state index contributed by atoms with van der Waals surface area (Å²) in [4.78, 5) is 30.2. The highest BCUT2D eigenvalue weighted by molar-refractivity contribution is 5.77. The minimum absolute atomic E-state index is 0.181. The van der Waals surface area contributed by atoms with Crippen molar-refractivity contribution >= 4 is 12.0 Å². The molecule has 0 radical (unpaired) electrons. The molecule has 0 aromatic heterocycles. The molecule has 6 heteroatoms. The van der Waals surface area contributed by atoms with Crippen molar-refractivity contribution in [2.45, 2.75) is 25.7 Å². The summed E-state index contributed by atoms with van der Waals surface area (Å²) >= 11 is 0. The zero-order valence-corrected chi connectivity index (χ0v) is 13.0. The fourth-order valence-electron chi connectivity index (χ4n) is 2.32. The van der Waals surface area contributed by atoms with E-state index in [1.165, 1.54) is 0 Å². The lowest BCUT2D eigenvalue weighted by atomic mass is 9.82. The van der Waals surface area contributed by atoms with E-state index < -0.39 is 12.0 Å². The van der Waals surface area contributed by atoms with Gasteiger partial charge in [-0.25, -0.2) is 9.59 Å². The van der Waals surface area contributed by atoms with Gasteiger partial charge in [-0.05, 0) is 5.56 Å². The molecule has 0 unspecified atom stereocenters. The van der Waals surface area contributed by atoms with Gasteiger partial charge in [0.05, 0.1) is 19.6 Å². The molecule has 1 heterocycles. The maximum atomic E-state index is 11.9. The molecule has 1 N–H and O–H groups in total. The summed E-state index contributed by atoms with van der Waals surface area (Å²) in [6.07, 6.45) is 0.181. The maximum Gasteiger partial charge on any atom is 0.350 e. The Bertz CT molecular complexity index is 510. The largest absolute Gasteiger partial charge is 0.378 e. The van der Waals surface area contributed by atoms with Crippen molar-refractivity contribution in [1.82, 2.24) is 10.4 Å². The van der Waals surface area contributed by atoms with E-state index in [1.54, 1.807) is 4.90 Å². The minimum Gasteiger partial charge on any atom is -0.378 e. The molecule has 0 spiro atoms. The van der Waals surface area contributed by atoms with E-state index >= 15 is 0 Å². The van der Waals surface area contributed by atoms with E-state index in [-0.39, 0.29) is 11.8 Å². The highest BCUT2D eigenvalue weighted by Gasteiger charge is 2.26. The highest BCUT2D eigenvalue weighted by atomic mass is 16.7. The van der Waals surface area contributed by atoms with Gasteiger partial charge in [-0.2, -0.15) is 5.48 Å². The number of hydrogen-bond donors (Lipinski definition) is 1. The van der Waals surface area contributed by atoms with Crippen LogP contribution in [0.4, 0.5) is 4.79 Å². The van der Waals surface area contributed by atoms with Gasteiger partial charge in [0.15, 0.2) is 0 Å². The summed E-state index contributed by atoms with van der Waals surface area (Å²) in [5, 5.41) is 0. The van der Waals surface area contributed by atoms with Crippen molar-refractivity contribution in [3.63, 3.8) is 0 Å². The average Bonchev–Trinajstić information content (AvgIpc) is 2.54. The van der Waals surface area contributed by atoms with Gasteiger partial charge in [-0.15, -0.1) is 0 Å². The van der Waals surface area contributed by atoms with Gasteiger partial charge in [0.2, 0.25) is 0 Å². The molecule has 0 bridgehead atoms. The Morgan fingerprint density at radius 1 is 1.23 bits per heavy atom. The molecule has 6 nitrogen and oxygen atoms in total. The van der Waals surface area contributed by atoms with Gasteiger partial charge >= 0.3 is 12.0 Å². The molecule has 2 rings (SSSR count). The van der Waals surface area contributed by atoms with Gasteiger partial charge in [0, 0.05) is 18.5 Å². The molecule has 1 aliphatic heterocycles. The molecular weight excluding hydrogens is 284 g/mol. The Hall–Kier alpha value is -2.08. The Kier molecular flexibility index (Phi) is 5.38. The Morgan fingerprint density at radius 3 is 2.50 bits per heavy atom. The third-order valence-corrected chi connectivity index (χ3v) is 3.69. The summed E-state index contributed by atoms with van der Waals surface area (Å²) < 4.78 is 5.16. The highest BCUT2D eigenvalue weighted by Crippen LogP contribution is 2.26. The van der Waals surface area contributed by atoms with E-state index in [0.29, 0.717) is 26.3 Å². The quantitative estimate of drug-likeness (QED) is 0.866. The third-order valence-electron chi connectivity index (χ3n) is 3.69. The number of hydrogen-bond acceptors (Lipinski definition) is 4. The zero-order chi connectivity index (χ0) is 16.0. The van der Waals surface area contributed by atoms with Crippen molar-refractivity contribution in [2.24, 2.45) is 0 Å². The fraction of sp³-hybridized carbons (Fsp3) is 0.500. The van der Waals surface area contributed by atoms with E-state index in [2.05, 4.69) is 5.48 Å². The second-order valence-electron chi connectivity index (χ2n) is 5.91. The standard InChI is InChI=1S/C16H22N2O4/c1-16(2,13-6-4-3-5-7-13)12-14(19)22-17-15(20)18-8-10-21-11-9-18/h3-7H,8-12H2,1-2H3,(H,17,20). The summed E-state index contributed by atoms with van der Waals surface area (Å²) in [5.41, 5.74) is 2.90. The van der Waals surface area contributed by atoms with Crippen LogP contribution in [0.25, 0.3) is 0 Å². The lowest BCUT2D eigenvalue weighted by molar-refractivity contribution is -0.150. The predicted octanol–water partition coefficient (Wildman–Crippen LogP) is 1.85. The molecule has 120 valence electrons. The van der Waals surface area contributed by atoms with Crippen LogP contribution >= 0.6 is 0 Å². The molecule has 22 heavy (non-hydrogen) atoms. The van der Waals surface area contributed by atoms with E-state index in [1.807, 2.05) is 44.2 Å². The number of rotatable bonds is 3. The first kappa shape index (κ1) is 16.3. The van der Waals surface area contributed by atoms with E-state index in [4.69, 9.17) is 9.57 Å². The summed E-state index contributed by atoms with van der Waals surface area (Å²) in [5.74, 6) is -0.463. The molecule has 1 aromatic rings.